The van der Waals surface area contributed by atoms with E-state index in [9.17, 15) is 0 Å². The Labute approximate surface area is 76.2 Å². The van der Waals surface area contributed by atoms with Gasteiger partial charge in [0.2, 0.25) is 0 Å². The fraction of sp³-hybridized carbons (Fsp3) is 0. The van der Waals surface area contributed by atoms with Crippen LogP contribution in [0.2, 0.25) is 0 Å². The van der Waals surface area contributed by atoms with Crippen molar-refractivity contribution >= 4 is 43.2 Å². The Morgan fingerprint density at radius 2 is 2.27 bits per heavy atom. The summed E-state index contributed by atoms with van der Waals surface area (Å²) in [5.41, 5.74) is 6.27. The summed E-state index contributed by atoms with van der Waals surface area (Å²) in [5, 5.41) is 1.10. The van der Waals surface area contributed by atoms with E-state index in [1.165, 1.54) is 0 Å². The first-order valence-corrected chi connectivity index (χ1v) is 4.67. The molecule has 0 saturated heterocycles. The topological polar surface area (TPSA) is 38.9 Å². The molecule has 11 heavy (non-hydrogen) atoms. The number of rotatable bonds is 0. The highest BCUT2D eigenvalue weighted by Gasteiger charge is 1.99. The predicted octanol–water partition coefficient (Wildman–Crippen LogP) is 2.64. The molecule has 2 rings (SSSR count). The zero-order chi connectivity index (χ0) is 7.84. The Morgan fingerprint density at radius 1 is 1.45 bits per heavy atom. The lowest BCUT2D eigenvalue weighted by atomic mass is 10.3. The summed E-state index contributed by atoms with van der Waals surface area (Å²) < 4.78 is 1.09. The Balaban J connectivity index is 2.82. The third-order valence-corrected chi connectivity index (χ3v) is 2.92. The number of anilines is 1. The van der Waals surface area contributed by atoms with Gasteiger partial charge in [-0.1, -0.05) is 0 Å². The standard InChI is InChI=1S/C7H5BrN2S/c8-6-2-4-1-5(9)3-10-7(4)11-6/h1-3H,9H2. The van der Waals surface area contributed by atoms with Gasteiger partial charge in [-0.15, -0.1) is 11.3 Å². The molecular weight excluding hydrogens is 224 g/mol. The van der Waals surface area contributed by atoms with Crippen LogP contribution in [0.3, 0.4) is 0 Å². The summed E-state index contributed by atoms with van der Waals surface area (Å²) in [6.07, 6.45) is 1.67. The van der Waals surface area contributed by atoms with Gasteiger partial charge in [0.15, 0.2) is 0 Å². The fourth-order valence-electron chi connectivity index (χ4n) is 0.919. The van der Waals surface area contributed by atoms with Gasteiger partial charge in [0.1, 0.15) is 4.83 Å². The Kier molecular flexibility index (Phi) is 1.58. The molecule has 0 radical (unpaired) electrons. The number of aromatic nitrogens is 1. The number of nitrogens with zero attached hydrogens (tertiary/aromatic N) is 1. The molecule has 0 bridgehead atoms. The first-order chi connectivity index (χ1) is 5.25. The summed E-state index contributed by atoms with van der Waals surface area (Å²) >= 11 is 5.00. The van der Waals surface area contributed by atoms with E-state index in [0.717, 1.165) is 14.0 Å². The molecule has 4 heteroatoms. The largest absolute Gasteiger partial charge is 0.397 e. The van der Waals surface area contributed by atoms with Gasteiger partial charge in [0.25, 0.3) is 0 Å². The second-order valence-electron chi connectivity index (χ2n) is 2.21. The first-order valence-electron chi connectivity index (χ1n) is 3.06. The lowest BCUT2D eigenvalue weighted by Gasteiger charge is -1.89. The smallest absolute Gasteiger partial charge is 0.124 e. The lowest BCUT2D eigenvalue weighted by Crippen LogP contribution is -1.83. The second-order valence-corrected chi connectivity index (χ2v) is 4.62. The van der Waals surface area contributed by atoms with E-state index in [1.807, 2.05) is 12.1 Å². The van der Waals surface area contributed by atoms with Crippen molar-refractivity contribution in [2.24, 2.45) is 0 Å². The van der Waals surface area contributed by atoms with Crippen LogP contribution in [0, 0.1) is 0 Å². The maximum absolute atomic E-state index is 5.56. The number of pyridine rings is 1. The molecule has 2 N–H and O–H groups in total. The highest BCUT2D eigenvalue weighted by molar-refractivity contribution is 9.11. The number of hydrogen-bond donors (Lipinski definition) is 1. The van der Waals surface area contributed by atoms with E-state index in [4.69, 9.17) is 5.73 Å². The van der Waals surface area contributed by atoms with Crippen LogP contribution in [0.1, 0.15) is 0 Å². The number of fused-ring (bicyclic) bond motifs is 1. The summed E-state index contributed by atoms with van der Waals surface area (Å²) in [5.74, 6) is 0. The van der Waals surface area contributed by atoms with Crippen molar-refractivity contribution in [1.29, 1.82) is 0 Å². The molecule has 2 aromatic heterocycles. The molecule has 2 nitrogen and oxygen atoms in total. The average Bonchev–Trinajstić information content (AvgIpc) is 2.27. The predicted molar refractivity (Wildman–Crippen MR) is 51.7 cm³/mol. The van der Waals surface area contributed by atoms with Gasteiger partial charge in [-0.25, -0.2) is 4.98 Å². The van der Waals surface area contributed by atoms with Crippen LogP contribution in [0.5, 0.6) is 0 Å². The Bertz CT molecular complexity index is 396. The quantitative estimate of drug-likeness (QED) is 0.754. The van der Waals surface area contributed by atoms with E-state index in [0.29, 0.717) is 5.69 Å². The van der Waals surface area contributed by atoms with Crippen LogP contribution in [0.25, 0.3) is 10.2 Å². The zero-order valence-electron chi connectivity index (χ0n) is 5.54. The molecule has 2 heterocycles. The minimum Gasteiger partial charge on any atom is -0.397 e. The molecule has 0 unspecified atom stereocenters. The summed E-state index contributed by atoms with van der Waals surface area (Å²) in [4.78, 5) is 5.18. The van der Waals surface area contributed by atoms with Crippen LogP contribution in [-0.2, 0) is 0 Å². The van der Waals surface area contributed by atoms with Crippen molar-refractivity contribution in [3.8, 4) is 0 Å². The molecule has 0 aliphatic heterocycles. The molecule has 0 saturated carbocycles. The van der Waals surface area contributed by atoms with Crippen molar-refractivity contribution in [2.45, 2.75) is 0 Å². The molecule has 0 aliphatic carbocycles. The normalized spacial score (nSPS) is 10.6. The van der Waals surface area contributed by atoms with Crippen molar-refractivity contribution < 1.29 is 0 Å². The van der Waals surface area contributed by atoms with E-state index >= 15 is 0 Å². The second kappa shape index (κ2) is 2.46. The minimum absolute atomic E-state index is 0.711. The van der Waals surface area contributed by atoms with E-state index in [1.54, 1.807) is 17.5 Å². The average molecular weight is 229 g/mol. The molecule has 0 aliphatic rings. The number of thiophene rings is 1. The van der Waals surface area contributed by atoms with Gasteiger partial charge in [-0.3, -0.25) is 0 Å². The van der Waals surface area contributed by atoms with E-state index in [2.05, 4.69) is 20.9 Å². The van der Waals surface area contributed by atoms with Crippen LogP contribution < -0.4 is 5.73 Å². The molecule has 0 spiro atoms. The highest BCUT2D eigenvalue weighted by atomic mass is 79.9. The Hall–Kier alpha value is -0.610. The molecule has 0 amide bonds. The van der Waals surface area contributed by atoms with Crippen LogP contribution >= 0.6 is 27.3 Å². The Morgan fingerprint density at radius 3 is 3.09 bits per heavy atom. The summed E-state index contributed by atoms with van der Waals surface area (Å²) in [6.45, 7) is 0. The monoisotopic (exact) mass is 228 g/mol. The fourth-order valence-corrected chi connectivity index (χ4v) is 2.34. The van der Waals surface area contributed by atoms with Crippen molar-refractivity contribution in [2.75, 3.05) is 5.73 Å². The molecule has 0 atom stereocenters. The van der Waals surface area contributed by atoms with Crippen molar-refractivity contribution in [3.05, 3.63) is 22.1 Å². The van der Waals surface area contributed by atoms with Crippen LogP contribution in [0.4, 0.5) is 5.69 Å². The van der Waals surface area contributed by atoms with Crippen molar-refractivity contribution in [3.63, 3.8) is 0 Å². The zero-order valence-corrected chi connectivity index (χ0v) is 7.95. The molecular formula is C7H5BrN2S. The minimum atomic E-state index is 0.711. The summed E-state index contributed by atoms with van der Waals surface area (Å²) in [7, 11) is 0. The number of hydrogen-bond acceptors (Lipinski definition) is 3. The van der Waals surface area contributed by atoms with Gasteiger partial charge in [0, 0.05) is 5.39 Å². The maximum Gasteiger partial charge on any atom is 0.124 e. The van der Waals surface area contributed by atoms with E-state index in [-0.39, 0.29) is 0 Å². The third-order valence-electron chi connectivity index (χ3n) is 1.36. The SMILES string of the molecule is Nc1cnc2sc(Br)cc2c1. The van der Waals surface area contributed by atoms with E-state index < -0.39 is 0 Å². The number of nitrogen functional groups attached to an aromatic ring is 1. The van der Waals surface area contributed by atoms with Gasteiger partial charge in [0.05, 0.1) is 15.7 Å². The first kappa shape index (κ1) is 7.06. The number of nitrogens with two attached hydrogens (primary N) is 1. The van der Waals surface area contributed by atoms with Crippen LogP contribution in [0.15, 0.2) is 22.1 Å². The molecule has 0 aromatic carbocycles. The molecule has 2 aromatic rings. The summed E-state index contributed by atoms with van der Waals surface area (Å²) in [6, 6.07) is 3.94. The lowest BCUT2D eigenvalue weighted by molar-refractivity contribution is 1.45. The molecule has 56 valence electrons. The maximum atomic E-state index is 5.56. The number of halogens is 1. The van der Waals surface area contributed by atoms with Gasteiger partial charge in [-0.2, -0.15) is 0 Å². The van der Waals surface area contributed by atoms with Gasteiger partial charge in [-0.05, 0) is 28.1 Å². The van der Waals surface area contributed by atoms with Crippen LogP contribution in [-0.4, -0.2) is 4.98 Å². The third kappa shape index (κ3) is 1.23. The molecule has 0 fully saturated rings. The van der Waals surface area contributed by atoms with Gasteiger partial charge < -0.3 is 5.73 Å². The van der Waals surface area contributed by atoms with Crippen molar-refractivity contribution in [1.82, 2.24) is 4.98 Å². The highest BCUT2D eigenvalue weighted by Crippen LogP contribution is 2.28. The van der Waals surface area contributed by atoms with Gasteiger partial charge >= 0.3 is 0 Å².